The molecule has 1 heterocycles. The summed E-state index contributed by atoms with van der Waals surface area (Å²) in [6.07, 6.45) is 6.19. The average molecular weight is 431 g/mol. The number of amides is 1. The van der Waals surface area contributed by atoms with Gasteiger partial charge in [-0.3, -0.25) is 15.0 Å². The first-order chi connectivity index (χ1) is 15.4. The minimum Gasteiger partial charge on any atom is -0.481 e. The van der Waals surface area contributed by atoms with Crippen molar-refractivity contribution in [3.8, 4) is 0 Å². The van der Waals surface area contributed by atoms with Crippen molar-refractivity contribution >= 4 is 23.3 Å². The summed E-state index contributed by atoms with van der Waals surface area (Å²) in [5.41, 5.74) is 7.43. The van der Waals surface area contributed by atoms with Gasteiger partial charge in [-0.25, -0.2) is 0 Å². The van der Waals surface area contributed by atoms with Crippen LogP contribution < -0.4 is 10.7 Å². The lowest BCUT2D eigenvalue weighted by atomic mass is 9.88. The Morgan fingerprint density at radius 2 is 1.94 bits per heavy atom. The number of hydrazone groups is 1. The van der Waals surface area contributed by atoms with E-state index >= 15 is 0 Å². The summed E-state index contributed by atoms with van der Waals surface area (Å²) in [5, 5.41) is 27.0. The van der Waals surface area contributed by atoms with Crippen LogP contribution in [0.15, 0.2) is 71.5 Å². The number of rotatable bonds is 7. The highest BCUT2D eigenvalue weighted by atomic mass is 16.4. The molecule has 0 radical (unpaired) electrons. The second-order valence-corrected chi connectivity index (χ2v) is 8.02. The topological polar surface area (TPSA) is 111 Å². The van der Waals surface area contributed by atoms with E-state index < -0.39 is 18.0 Å². The largest absolute Gasteiger partial charge is 0.481 e. The monoisotopic (exact) mass is 431 g/mol. The minimum absolute atomic E-state index is 0.0884. The van der Waals surface area contributed by atoms with Crippen LogP contribution in [0.25, 0.3) is 0 Å². The van der Waals surface area contributed by atoms with E-state index in [0.717, 1.165) is 12.8 Å². The number of nitrogens with zero attached hydrogens (tertiary/aromatic N) is 1. The maximum Gasteiger partial charge on any atom is 0.307 e. The summed E-state index contributed by atoms with van der Waals surface area (Å²) >= 11 is 0. The average Bonchev–Trinajstić information content (AvgIpc) is 3.09. The van der Waals surface area contributed by atoms with Crippen molar-refractivity contribution in [1.29, 1.82) is 0 Å². The quantitative estimate of drug-likeness (QED) is 0.504. The predicted molar refractivity (Wildman–Crippen MR) is 122 cm³/mol. The Hall–Kier alpha value is -3.71. The predicted octanol–water partition coefficient (Wildman–Crippen LogP) is 2.93. The van der Waals surface area contributed by atoms with Crippen LogP contribution in [0.4, 0.5) is 5.69 Å². The molecule has 0 bridgehead atoms. The molecular weight excluding hydrogens is 406 g/mol. The number of aliphatic hydroxyl groups excluding tert-OH is 1. The Bertz CT molecular complexity index is 1150. The summed E-state index contributed by atoms with van der Waals surface area (Å²) in [7, 11) is 0. The normalized spacial score (nSPS) is 20.6. The van der Waals surface area contributed by atoms with E-state index in [1.54, 1.807) is 24.3 Å². The highest BCUT2D eigenvalue weighted by Gasteiger charge is 2.30. The molecule has 7 nitrogen and oxygen atoms in total. The summed E-state index contributed by atoms with van der Waals surface area (Å²) in [4.78, 5) is 23.7. The molecule has 7 heteroatoms. The molecule has 2 aromatic carbocycles. The SMILES string of the molecule is Cc1ccccc1CCC1C=CC=C(NN=C2C(=O)Nc3cccc(CC(=O)O)c32)C1O. The van der Waals surface area contributed by atoms with Gasteiger partial charge in [-0.15, -0.1) is 0 Å². The number of fused-ring (bicyclic) bond motifs is 1. The number of nitrogens with one attached hydrogen (secondary N) is 2. The number of aliphatic hydroxyl groups is 1. The van der Waals surface area contributed by atoms with E-state index in [9.17, 15) is 19.8 Å². The molecule has 0 saturated carbocycles. The first-order valence-electron chi connectivity index (χ1n) is 10.5. The molecule has 1 amide bonds. The number of allylic oxidation sites excluding steroid dienone is 2. The summed E-state index contributed by atoms with van der Waals surface area (Å²) in [6, 6.07) is 13.3. The lowest BCUT2D eigenvalue weighted by Crippen LogP contribution is -2.31. The highest BCUT2D eigenvalue weighted by Crippen LogP contribution is 2.28. The fourth-order valence-electron chi connectivity index (χ4n) is 4.12. The third-order valence-corrected chi connectivity index (χ3v) is 5.86. The summed E-state index contributed by atoms with van der Waals surface area (Å²) < 4.78 is 0. The van der Waals surface area contributed by atoms with Gasteiger partial charge in [0, 0.05) is 11.5 Å². The van der Waals surface area contributed by atoms with E-state index in [1.807, 2.05) is 24.3 Å². The van der Waals surface area contributed by atoms with E-state index in [0.29, 0.717) is 22.5 Å². The van der Waals surface area contributed by atoms with Crippen molar-refractivity contribution in [3.63, 3.8) is 0 Å². The fourth-order valence-corrected chi connectivity index (χ4v) is 4.12. The zero-order valence-electron chi connectivity index (χ0n) is 17.7. The number of aryl methyl sites for hydroxylation is 2. The van der Waals surface area contributed by atoms with Gasteiger partial charge in [-0.05, 0) is 48.6 Å². The fraction of sp³-hybridized carbons (Fsp3) is 0.240. The van der Waals surface area contributed by atoms with E-state index in [2.05, 4.69) is 34.9 Å². The van der Waals surface area contributed by atoms with Gasteiger partial charge < -0.3 is 15.5 Å². The molecule has 4 rings (SSSR count). The van der Waals surface area contributed by atoms with Crippen molar-refractivity contribution in [2.24, 2.45) is 11.0 Å². The van der Waals surface area contributed by atoms with Gasteiger partial charge in [0.25, 0.3) is 5.91 Å². The van der Waals surface area contributed by atoms with Gasteiger partial charge in [0.15, 0.2) is 5.71 Å². The van der Waals surface area contributed by atoms with Gasteiger partial charge in [0.2, 0.25) is 0 Å². The van der Waals surface area contributed by atoms with Crippen molar-refractivity contribution in [1.82, 2.24) is 5.43 Å². The summed E-state index contributed by atoms with van der Waals surface area (Å²) in [5.74, 6) is -1.49. The number of anilines is 1. The number of carbonyl (C=O) groups is 2. The number of hydrogen-bond donors (Lipinski definition) is 4. The number of aliphatic carboxylic acids is 1. The molecule has 4 N–H and O–H groups in total. The van der Waals surface area contributed by atoms with E-state index in [-0.39, 0.29) is 18.1 Å². The third-order valence-electron chi connectivity index (χ3n) is 5.86. The van der Waals surface area contributed by atoms with Crippen LogP contribution >= 0.6 is 0 Å². The molecule has 0 spiro atoms. The second kappa shape index (κ2) is 9.20. The Morgan fingerprint density at radius 1 is 1.16 bits per heavy atom. The standard InChI is InChI=1S/C25H25N3O4/c1-15-6-2-3-7-16(15)12-13-17-8-4-11-20(24(17)31)27-28-23-22-18(14-21(29)30)9-5-10-19(22)26-25(23)32/h2-11,17,24,27,31H,12-14H2,1H3,(H,29,30)(H,26,28,32). The number of benzene rings is 2. The van der Waals surface area contributed by atoms with Gasteiger partial charge >= 0.3 is 5.97 Å². The molecule has 2 unspecified atom stereocenters. The van der Waals surface area contributed by atoms with Gasteiger partial charge in [-0.2, -0.15) is 5.10 Å². The van der Waals surface area contributed by atoms with Crippen molar-refractivity contribution in [3.05, 3.63) is 88.6 Å². The van der Waals surface area contributed by atoms with Gasteiger partial charge in [0.1, 0.15) is 6.10 Å². The Kier molecular flexibility index (Phi) is 6.18. The van der Waals surface area contributed by atoms with Gasteiger partial charge in [0.05, 0.1) is 17.8 Å². The number of hydrogen-bond acceptors (Lipinski definition) is 5. The molecule has 32 heavy (non-hydrogen) atoms. The van der Waals surface area contributed by atoms with Crippen molar-refractivity contribution in [2.75, 3.05) is 5.32 Å². The minimum atomic E-state index is -0.989. The Morgan fingerprint density at radius 3 is 2.72 bits per heavy atom. The smallest absolute Gasteiger partial charge is 0.307 e. The first-order valence-corrected chi connectivity index (χ1v) is 10.5. The molecule has 1 aliphatic carbocycles. The van der Waals surface area contributed by atoms with Crippen LogP contribution in [0.5, 0.6) is 0 Å². The molecule has 2 aliphatic rings. The van der Waals surface area contributed by atoms with Crippen LogP contribution in [0.2, 0.25) is 0 Å². The van der Waals surface area contributed by atoms with Crippen LogP contribution in [-0.2, 0) is 22.4 Å². The molecule has 0 fully saturated rings. The van der Waals surface area contributed by atoms with Crippen LogP contribution in [-0.4, -0.2) is 33.9 Å². The number of carboxylic acid groups (broad SMARTS) is 1. The molecule has 2 aromatic rings. The van der Waals surface area contributed by atoms with Crippen molar-refractivity contribution < 1.29 is 19.8 Å². The van der Waals surface area contributed by atoms with Crippen LogP contribution in [0.3, 0.4) is 0 Å². The first kappa shape index (κ1) is 21.5. The maximum absolute atomic E-state index is 12.5. The highest BCUT2D eigenvalue weighted by molar-refractivity contribution is 6.54. The van der Waals surface area contributed by atoms with E-state index in [4.69, 9.17) is 0 Å². The van der Waals surface area contributed by atoms with Crippen LogP contribution in [0.1, 0.15) is 28.7 Å². The lowest BCUT2D eigenvalue weighted by Gasteiger charge is -2.25. The van der Waals surface area contributed by atoms with Crippen LogP contribution in [0, 0.1) is 12.8 Å². The van der Waals surface area contributed by atoms with Gasteiger partial charge in [-0.1, -0.05) is 48.6 Å². The maximum atomic E-state index is 12.5. The molecule has 2 atom stereocenters. The zero-order valence-corrected chi connectivity index (χ0v) is 17.7. The Labute approximate surface area is 186 Å². The molecular formula is C25H25N3O4. The Balaban J connectivity index is 1.49. The molecule has 1 aliphatic heterocycles. The zero-order chi connectivity index (χ0) is 22.7. The van der Waals surface area contributed by atoms with E-state index in [1.165, 1.54) is 11.1 Å². The number of carbonyl (C=O) groups excluding carboxylic acids is 1. The lowest BCUT2D eigenvalue weighted by molar-refractivity contribution is -0.136. The molecule has 164 valence electrons. The summed E-state index contributed by atoms with van der Waals surface area (Å²) in [6.45, 7) is 2.08. The number of carboxylic acids is 1. The molecule has 0 saturated heterocycles. The molecule has 0 aromatic heterocycles. The van der Waals surface area contributed by atoms with Crippen molar-refractivity contribution in [2.45, 2.75) is 32.3 Å². The third kappa shape index (κ3) is 4.48. The second-order valence-electron chi connectivity index (χ2n) is 8.02.